The van der Waals surface area contributed by atoms with Crippen molar-refractivity contribution in [2.75, 3.05) is 31.9 Å². The minimum absolute atomic E-state index is 0. The number of nitrogens with zero attached hydrogens (tertiary/aromatic N) is 1. The number of benzene rings is 1. The lowest BCUT2D eigenvalue weighted by molar-refractivity contribution is 0.0778. The number of fused-ring (bicyclic) bond motifs is 1. The highest BCUT2D eigenvalue weighted by Crippen LogP contribution is 2.28. The number of rotatable bonds is 3. The highest BCUT2D eigenvalue weighted by atomic mass is 35.5. The van der Waals surface area contributed by atoms with Crippen LogP contribution in [0.5, 0.6) is 0 Å². The molecule has 1 aromatic carbocycles. The first-order chi connectivity index (χ1) is 10.0. The number of amides is 1. The van der Waals surface area contributed by atoms with Crippen LogP contribution in [-0.4, -0.2) is 51.2 Å². The highest BCUT2D eigenvalue weighted by molar-refractivity contribution is 7.91. The lowest BCUT2D eigenvalue weighted by Gasteiger charge is -2.19. The first kappa shape index (κ1) is 17.2. The molecular formula is C15H21ClN2O3S. The van der Waals surface area contributed by atoms with Gasteiger partial charge in [0.25, 0.3) is 5.91 Å². The fourth-order valence-electron chi connectivity index (χ4n) is 3.26. The van der Waals surface area contributed by atoms with Crippen LogP contribution in [0.4, 0.5) is 0 Å². The van der Waals surface area contributed by atoms with E-state index >= 15 is 0 Å². The molecule has 0 aliphatic carbocycles. The second kappa shape index (κ2) is 6.56. The van der Waals surface area contributed by atoms with E-state index in [4.69, 9.17) is 0 Å². The van der Waals surface area contributed by atoms with E-state index in [-0.39, 0.29) is 29.0 Å². The van der Waals surface area contributed by atoms with Crippen molar-refractivity contribution >= 4 is 28.2 Å². The Morgan fingerprint density at radius 1 is 1.23 bits per heavy atom. The maximum absolute atomic E-state index is 12.7. The molecule has 22 heavy (non-hydrogen) atoms. The number of carbonyl (C=O) groups is 1. The third-order valence-electron chi connectivity index (χ3n) is 4.51. The average molecular weight is 345 g/mol. The monoisotopic (exact) mass is 344 g/mol. The Labute approximate surface area is 137 Å². The molecule has 2 aliphatic heterocycles. The summed E-state index contributed by atoms with van der Waals surface area (Å²) in [5, 5.41) is 3.33. The van der Waals surface area contributed by atoms with Gasteiger partial charge in [-0.3, -0.25) is 4.79 Å². The van der Waals surface area contributed by atoms with Crippen LogP contribution in [-0.2, 0) is 9.84 Å². The molecule has 2 aliphatic rings. The second-order valence-corrected chi connectivity index (χ2v) is 8.03. The zero-order valence-electron chi connectivity index (χ0n) is 12.5. The van der Waals surface area contributed by atoms with Gasteiger partial charge in [-0.05, 0) is 24.0 Å². The summed E-state index contributed by atoms with van der Waals surface area (Å²) in [6, 6.07) is 6.55. The number of sulfone groups is 1. The molecule has 0 spiro atoms. The quantitative estimate of drug-likeness (QED) is 0.894. The third-order valence-corrected chi connectivity index (χ3v) is 6.30. The second-order valence-electron chi connectivity index (χ2n) is 5.79. The van der Waals surface area contributed by atoms with E-state index in [9.17, 15) is 13.2 Å². The van der Waals surface area contributed by atoms with E-state index in [1.165, 1.54) is 6.07 Å². The number of hydrogen-bond donors (Lipinski definition) is 1. The van der Waals surface area contributed by atoms with Crippen molar-refractivity contribution in [3.05, 3.63) is 29.8 Å². The molecule has 2 fully saturated rings. The first-order valence-electron chi connectivity index (χ1n) is 7.34. The van der Waals surface area contributed by atoms with Gasteiger partial charge in [-0.2, -0.15) is 0 Å². The molecule has 122 valence electrons. The van der Waals surface area contributed by atoms with Gasteiger partial charge >= 0.3 is 0 Å². The maximum Gasteiger partial charge on any atom is 0.255 e. The first-order valence-corrected chi connectivity index (χ1v) is 9.00. The lowest BCUT2D eigenvalue weighted by Crippen LogP contribution is -2.32. The fraction of sp³-hybridized carbons (Fsp3) is 0.533. The average Bonchev–Trinajstić information content (AvgIpc) is 3.07. The van der Waals surface area contributed by atoms with Gasteiger partial charge in [-0.25, -0.2) is 8.42 Å². The number of hydrogen-bond acceptors (Lipinski definition) is 4. The Hall–Kier alpha value is -1.11. The lowest BCUT2D eigenvalue weighted by atomic mass is 10.0. The van der Waals surface area contributed by atoms with Gasteiger partial charge in [-0.1, -0.05) is 19.1 Å². The molecule has 2 heterocycles. The molecule has 7 heteroatoms. The van der Waals surface area contributed by atoms with Crippen LogP contribution in [0.1, 0.15) is 17.3 Å². The van der Waals surface area contributed by atoms with Crippen molar-refractivity contribution in [2.24, 2.45) is 11.8 Å². The zero-order chi connectivity index (χ0) is 15.0. The van der Waals surface area contributed by atoms with E-state index in [0.29, 0.717) is 17.4 Å². The molecule has 0 radical (unpaired) electrons. The Kier molecular flexibility index (Phi) is 5.14. The van der Waals surface area contributed by atoms with E-state index in [1.54, 1.807) is 30.0 Å². The van der Waals surface area contributed by atoms with Gasteiger partial charge in [0.2, 0.25) is 0 Å². The van der Waals surface area contributed by atoms with Crippen LogP contribution >= 0.6 is 12.4 Å². The molecule has 1 N–H and O–H groups in total. The minimum atomic E-state index is -3.38. The van der Waals surface area contributed by atoms with E-state index in [0.717, 1.165) is 26.2 Å². The van der Waals surface area contributed by atoms with Gasteiger partial charge in [0, 0.05) is 26.2 Å². The van der Waals surface area contributed by atoms with Gasteiger partial charge in [0.15, 0.2) is 9.84 Å². The van der Waals surface area contributed by atoms with Crippen LogP contribution in [0.2, 0.25) is 0 Å². The molecular weight excluding hydrogens is 324 g/mol. The summed E-state index contributed by atoms with van der Waals surface area (Å²) in [7, 11) is -3.38. The van der Waals surface area contributed by atoms with Gasteiger partial charge in [-0.15, -0.1) is 12.4 Å². The molecule has 0 aromatic heterocycles. The van der Waals surface area contributed by atoms with Crippen molar-refractivity contribution in [2.45, 2.75) is 11.8 Å². The number of nitrogens with one attached hydrogen (secondary N) is 1. The summed E-state index contributed by atoms with van der Waals surface area (Å²) in [6.07, 6.45) is 0. The van der Waals surface area contributed by atoms with Crippen molar-refractivity contribution < 1.29 is 13.2 Å². The summed E-state index contributed by atoms with van der Waals surface area (Å²) in [6.45, 7) is 4.93. The molecule has 1 amide bonds. The highest BCUT2D eigenvalue weighted by Gasteiger charge is 2.39. The Balaban J connectivity index is 0.00000176. The number of likely N-dealkylation sites (tertiary alicyclic amines) is 1. The fourth-order valence-corrected chi connectivity index (χ4v) is 4.35. The topological polar surface area (TPSA) is 66.5 Å². The van der Waals surface area contributed by atoms with Crippen LogP contribution in [0, 0.1) is 11.8 Å². The molecule has 0 saturated carbocycles. The third kappa shape index (κ3) is 3.00. The Morgan fingerprint density at radius 2 is 1.82 bits per heavy atom. The summed E-state index contributed by atoms with van der Waals surface area (Å²) in [5.74, 6) is 0.858. The van der Waals surface area contributed by atoms with Crippen molar-refractivity contribution in [3.8, 4) is 0 Å². The largest absolute Gasteiger partial charge is 0.338 e. The molecule has 2 saturated heterocycles. The molecule has 3 rings (SSSR count). The van der Waals surface area contributed by atoms with Crippen LogP contribution in [0.15, 0.2) is 29.2 Å². The van der Waals surface area contributed by atoms with Crippen molar-refractivity contribution in [3.63, 3.8) is 0 Å². The predicted octanol–water partition coefficient (Wildman–Crippen LogP) is 1.19. The number of halogens is 1. The summed E-state index contributed by atoms with van der Waals surface area (Å²) in [5.41, 5.74) is 0.312. The normalized spacial score (nSPS) is 24.0. The number of carbonyl (C=O) groups excluding carboxylic acids is 1. The molecule has 0 bridgehead atoms. The van der Waals surface area contributed by atoms with Crippen molar-refractivity contribution in [1.82, 2.24) is 10.2 Å². The van der Waals surface area contributed by atoms with E-state index in [2.05, 4.69) is 5.32 Å². The summed E-state index contributed by atoms with van der Waals surface area (Å²) < 4.78 is 24.3. The summed E-state index contributed by atoms with van der Waals surface area (Å²) >= 11 is 0. The van der Waals surface area contributed by atoms with Gasteiger partial charge < -0.3 is 10.2 Å². The van der Waals surface area contributed by atoms with E-state index < -0.39 is 9.84 Å². The molecule has 2 atom stereocenters. The molecule has 5 nitrogen and oxygen atoms in total. The minimum Gasteiger partial charge on any atom is -0.338 e. The maximum atomic E-state index is 12.7. The van der Waals surface area contributed by atoms with Crippen molar-refractivity contribution in [1.29, 1.82) is 0 Å². The van der Waals surface area contributed by atoms with Crippen LogP contribution in [0.25, 0.3) is 0 Å². The SMILES string of the molecule is CCS(=O)(=O)c1ccccc1C(=O)N1C[C@H]2CNC[C@H]2C1.Cl. The van der Waals surface area contributed by atoms with Gasteiger partial charge in [0.1, 0.15) is 0 Å². The predicted molar refractivity (Wildman–Crippen MR) is 87.2 cm³/mol. The molecule has 0 unspecified atom stereocenters. The van der Waals surface area contributed by atoms with Crippen LogP contribution < -0.4 is 5.32 Å². The van der Waals surface area contributed by atoms with Crippen LogP contribution in [0.3, 0.4) is 0 Å². The summed E-state index contributed by atoms with van der Waals surface area (Å²) in [4.78, 5) is 14.7. The Morgan fingerprint density at radius 3 is 2.41 bits per heavy atom. The Bertz CT molecular complexity index is 651. The standard InChI is InChI=1S/C15H20N2O3S.ClH/c1-2-21(19,20)14-6-4-3-5-13(14)15(18)17-9-11-7-16-8-12(11)10-17;/h3-6,11-12,16H,2,7-10H2,1H3;1H/t11-,12+;. The molecule has 1 aromatic rings. The van der Waals surface area contributed by atoms with Gasteiger partial charge in [0.05, 0.1) is 16.2 Å². The smallest absolute Gasteiger partial charge is 0.255 e. The zero-order valence-corrected chi connectivity index (χ0v) is 14.1. The van der Waals surface area contributed by atoms with E-state index in [1.807, 2.05) is 0 Å².